The third-order valence-electron chi connectivity index (χ3n) is 3.12. The van der Waals surface area contributed by atoms with Crippen LogP contribution in [0.4, 0.5) is 0 Å². The summed E-state index contributed by atoms with van der Waals surface area (Å²) in [7, 11) is 1.44. The summed E-state index contributed by atoms with van der Waals surface area (Å²) in [5.74, 6) is -0.116. The normalized spacial score (nSPS) is 44.8. The molecule has 2 fully saturated rings. The van der Waals surface area contributed by atoms with E-state index in [-0.39, 0.29) is 17.5 Å². The summed E-state index contributed by atoms with van der Waals surface area (Å²) >= 11 is 0. The monoisotopic (exact) mass is 170 g/mol. The van der Waals surface area contributed by atoms with Gasteiger partial charge in [-0.15, -0.1) is 0 Å². The van der Waals surface area contributed by atoms with Crippen LogP contribution in [-0.2, 0) is 14.3 Å². The van der Waals surface area contributed by atoms with Crippen LogP contribution in [0.5, 0.6) is 0 Å². The molecule has 3 unspecified atom stereocenters. The Morgan fingerprint density at radius 2 is 2.33 bits per heavy atom. The number of fused-ring (bicyclic) bond motifs is 2. The molecule has 0 aromatic carbocycles. The lowest BCUT2D eigenvalue weighted by Gasteiger charge is -2.27. The Hall–Kier alpha value is -0.570. The van der Waals surface area contributed by atoms with Gasteiger partial charge in [0.1, 0.15) is 0 Å². The van der Waals surface area contributed by atoms with Gasteiger partial charge in [0.25, 0.3) is 0 Å². The van der Waals surface area contributed by atoms with Crippen molar-refractivity contribution in [1.29, 1.82) is 0 Å². The number of esters is 1. The molecule has 12 heavy (non-hydrogen) atoms. The molecule has 3 nitrogen and oxygen atoms in total. The van der Waals surface area contributed by atoms with E-state index < -0.39 is 0 Å². The first kappa shape index (κ1) is 8.05. The molecule has 3 atom stereocenters. The van der Waals surface area contributed by atoms with Gasteiger partial charge in [-0.2, -0.15) is 0 Å². The quantitative estimate of drug-likeness (QED) is 0.553. The topological polar surface area (TPSA) is 35.5 Å². The summed E-state index contributed by atoms with van der Waals surface area (Å²) in [5.41, 5.74) is -0.363. The standard InChI is InChI=1S/C9H14O3/c1-9(8(10)11-2)5-6-3-4-7(9)12-6/h6-7H,3-5H2,1-2H3. The van der Waals surface area contributed by atoms with Crippen molar-refractivity contribution in [3.05, 3.63) is 0 Å². The molecule has 2 bridgehead atoms. The van der Waals surface area contributed by atoms with E-state index in [2.05, 4.69) is 0 Å². The van der Waals surface area contributed by atoms with Crippen molar-refractivity contribution in [2.24, 2.45) is 5.41 Å². The lowest BCUT2D eigenvalue weighted by atomic mass is 9.76. The molecule has 68 valence electrons. The molecule has 2 heterocycles. The highest BCUT2D eigenvalue weighted by Crippen LogP contribution is 2.47. The van der Waals surface area contributed by atoms with Crippen LogP contribution >= 0.6 is 0 Å². The van der Waals surface area contributed by atoms with Crippen molar-refractivity contribution < 1.29 is 14.3 Å². The number of methoxy groups -OCH3 is 1. The molecule has 2 saturated heterocycles. The van der Waals surface area contributed by atoms with Crippen molar-refractivity contribution in [3.8, 4) is 0 Å². The molecular weight excluding hydrogens is 156 g/mol. The molecule has 0 aliphatic carbocycles. The average Bonchev–Trinajstić information content (AvgIpc) is 2.62. The minimum Gasteiger partial charge on any atom is -0.469 e. The first-order chi connectivity index (χ1) is 5.66. The van der Waals surface area contributed by atoms with E-state index >= 15 is 0 Å². The van der Waals surface area contributed by atoms with Crippen LogP contribution in [0.15, 0.2) is 0 Å². The molecule has 2 aliphatic rings. The van der Waals surface area contributed by atoms with E-state index in [1.165, 1.54) is 7.11 Å². The van der Waals surface area contributed by atoms with Crippen LogP contribution in [0.3, 0.4) is 0 Å². The highest BCUT2D eigenvalue weighted by Gasteiger charge is 2.54. The summed E-state index contributed by atoms with van der Waals surface area (Å²) in [6, 6.07) is 0. The smallest absolute Gasteiger partial charge is 0.314 e. The molecule has 0 spiro atoms. The zero-order valence-corrected chi connectivity index (χ0v) is 7.50. The maximum absolute atomic E-state index is 11.4. The number of carbonyl (C=O) groups excluding carboxylic acids is 1. The Balaban J connectivity index is 2.17. The summed E-state index contributed by atoms with van der Waals surface area (Å²) in [5, 5.41) is 0. The van der Waals surface area contributed by atoms with Gasteiger partial charge in [-0.25, -0.2) is 0 Å². The molecule has 0 N–H and O–H groups in total. The fourth-order valence-corrected chi connectivity index (χ4v) is 2.38. The summed E-state index contributed by atoms with van der Waals surface area (Å²) in [6.07, 6.45) is 3.37. The second-order valence-electron chi connectivity index (χ2n) is 3.94. The van der Waals surface area contributed by atoms with Gasteiger partial charge in [-0.05, 0) is 26.2 Å². The molecule has 0 aromatic rings. The second-order valence-corrected chi connectivity index (χ2v) is 3.94. The summed E-state index contributed by atoms with van der Waals surface area (Å²) < 4.78 is 10.4. The van der Waals surface area contributed by atoms with Gasteiger partial charge in [0.05, 0.1) is 24.7 Å². The van der Waals surface area contributed by atoms with E-state index in [4.69, 9.17) is 9.47 Å². The number of hydrogen-bond donors (Lipinski definition) is 0. The first-order valence-corrected chi connectivity index (χ1v) is 4.40. The summed E-state index contributed by atoms with van der Waals surface area (Å²) in [4.78, 5) is 11.4. The second kappa shape index (κ2) is 2.46. The van der Waals surface area contributed by atoms with Crippen molar-refractivity contribution in [3.63, 3.8) is 0 Å². The average molecular weight is 170 g/mol. The maximum Gasteiger partial charge on any atom is 0.314 e. The largest absolute Gasteiger partial charge is 0.469 e. The SMILES string of the molecule is COC(=O)C1(C)CC2CCC1O2. The van der Waals surface area contributed by atoms with Crippen LogP contribution < -0.4 is 0 Å². The fourth-order valence-electron chi connectivity index (χ4n) is 2.38. The Morgan fingerprint density at radius 1 is 1.58 bits per heavy atom. The fraction of sp³-hybridized carbons (Fsp3) is 0.889. The lowest BCUT2D eigenvalue weighted by Crippen LogP contribution is -2.38. The minimum atomic E-state index is -0.363. The first-order valence-electron chi connectivity index (χ1n) is 4.40. The Morgan fingerprint density at radius 3 is 2.75 bits per heavy atom. The van der Waals surface area contributed by atoms with E-state index in [1.807, 2.05) is 6.92 Å². The zero-order valence-electron chi connectivity index (χ0n) is 7.50. The predicted octanol–water partition coefficient (Wildman–Crippen LogP) is 1.12. The highest BCUT2D eigenvalue weighted by atomic mass is 16.5. The van der Waals surface area contributed by atoms with Crippen LogP contribution in [0.25, 0.3) is 0 Å². The van der Waals surface area contributed by atoms with Crippen molar-refractivity contribution in [2.45, 2.75) is 38.4 Å². The number of hydrogen-bond acceptors (Lipinski definition) is 3. The maximum atomic E-state index is 11.4. The molecule has 0 amide bonds. The number of ether oxygens (including phenoxy) is 2. The van der Waals surface area contributed by atoms with Gasteiger partial charge in [0.2, 0.25) is 0 Å². The minimum absolute atomic E-state index is 0.106. The van der Waals surface area contributed by atoms with Gasteiger partial charge < -0.3 is 9.47 Å². The molecule has 2 aliphatic heterocycles. The van der Waals surface area contributed by atoms with Crippen LogP contribution in [0.1, 0.15) is 26.2 Å². The van der Waals surface area contributed by atoms with E-state index in [0.29, 0.717) is 6.10 Å². The molecule has 0 saturated carbocycles. The Kier molecular flexibility index (Phi) is 1.65. The third kappa shape index (κ3) is 0.891. The van der Waals surface area contributed by atoms with Gasteiger partial charge in [-0.3, -0.25) is 4.79 Å². The molecule has 0 radical (unpaired) electrons. The highest BCUT2D eigenvalue weighted by molar-refractivity contribution is 5.77. The van der Waals surface area contributed by atoms with Gasteiger partial charge in [-0.1, -0.05) is 0 Å². The van der Waals surface area contributed by atoms with Crippen LogP contribution in [0.2, 0.25) is 0 Å². The predicted molar refractivity (Wildman–Crippen MR) is 42.6 cm³/mol. The molecule has 2 rings (SSSR count). The van der Waals surface area contributed by atoms with Crippen molar-refractivity contribution in [1.82, 2.24) is 0 Å². The lowest BCUT2D eigenvalue weighted by molar-refractivity contribution is -0.154. The number of carbonyl (C=O) groups is 1. The third-order valence-corrected chi connectivity index (χ3v) is 3.12. The molecule has 0 aromatic heterocycles. The molecular formula is C9H14O3. The summed E-state index contributed by atoms with van der Waals surface area (Å²) in [6.45, 7) is 1.95. The van der Waals surface area contributed by atoms with E-state index in [1.54, 1.807) is 0 Å². The van der Waals surface area contributed by atoms with Gasteiger partial charge in [0.15, 0.2) is 0 Å². The molecule has 3 heteroatoms. The van der Waals surface area contributed by atoms with E-state index in [9.17, 15) is 4.79 Å². The Bertz CT molecular complexity index is 214. The Labute approximate surface area is 72.0 Å². The van der Waals surface area contributed by atoms with Crippen molar-refractivity contribution >= 4 is 5.97 Å². The van der Waals surface area contributed by atoms with Crippen molar-refractivity contribution in [2.75, 3.05) is 7.11 Å². The van der Waals surface area contributed by atoms with Gasteiger partial charge in [0, 0.05) is 0 Å². The van der Waals surface area contributed by atoms with Crippen LogP contribution in [-0.4, -0.2) is 25.3 Å². The zero-order chi connectivity index (χ0) is 8.77. The van der Waals surface area contributed by atoms with Gasteiger partial charge >= 0.3 is 5.97 Å². The van der Waals surface area contributed by atoms with Crippen LogP contribution in [0, 0.1) is 5.41 Å². The number of rotatable bonds is 1. The van der Waals surface area contributed by atoms with E-state index in [0.717, 1.165) is 19.3 Å².